The van der Waals surface area contributed by atoms with Gasteiger partial charge in [0.05, 0.1) is 0 Å². The van der Waals surface area contributed by atoms with Crippen molar-refractivity contribution in [3.05, 3.63) is 102 Å². The molecule has 0 radical (unpaired) electrons. The molecule has 1 aliphatic carbocycles. The number of amides is 1. The van der Waals surface area contributed by atoms with Crippen LogP contribution in [0.25, 0.3) is 6.08 Å². The van der Waals surface area contributed by atoms with Crippen molar-refractivity contribution < 1.29 is 21.8 Å². The van der Waals surface area contributed by atoms with Crippen molar-refractivity contribution in [1.29, 1.82) is 0 Å². The second-order valence-electron chi connectivity index (χ2n) is 7.58. The Morgan fingerprint density at radius 2 is 1.62 bits per heavy atom. The summed E-state index contributed by atoms with van der Waals surface area (Å²) in [6.07, 6.45) is 5.33. The van der Waals surface area contributed by atoms with Crippen LogP contribution in [0.4, 0.5) is 4.39 Å². The molecule has 3 aromatic rings. The Morgan fingerprint density at radius 3 is 2.25 bits per heavy atom. The Balaban J connectivity index is 1.42. The molecule has 0 aliphatic heterocycles. The highest BCUT2D eigenvalue weighted by Gasteiger charge is 2.31. The molecule has 1 fully saturated rings. The zero-order chi connectivity index (χ0) is 22.6. The Kier molecular flexibility index (Phi) is 6.37. The monoisotopic (exact) mass is 451 g/mol. The van der Waals surface area contributed by atoms with E-state index in [9.17, 15) is 17.6 Å². The van der Waals surface area contributed by atoms with Crippen LogP contribution in [0.1, 0.15) is 24.0 Å². The van der Waals surface area contributed by atoms with E-state index in [2.05, 4.69) is 0 Å². The van der Waals surface area contributed by atoms with E-state index in [-0.39, 0.29) is 22.6 Å². The summed E-state index contributed by atoms with van der Waals surface area (Å²) in [6.45, 7) is 0.424. The van der Waals surface area contributed by atoms with Crippen molar-refractivity contribution in [2.24, 2.45) is 0 Å². The maximum Gasteiger partial charge on any atom is 0.339 e. The van der Waals surface area contributed by atoms with Gasteiger partial charge in [0.25, 0.3) is 0 Å². The highest BCUT2D eigenvalue weighted by molar-refractivity contribution is 7.87. The number of carbonyl (C=O) groups excluding carboxylic acids is 1. The highest BCUT2D eigenvalue weighted by Crippen LogP contribution is 2.29. The Bertz CT molecular complexity index is 1200. The van der Waals surface area contributed by atoms with Gasteiger partial charge in [-0.3, -0.25) is 4.79 Å². The van der Waals surface area contributed by atoms with Gasteiger partial charge >= 0.3 is 10.1 Å². The lowest BCUT2D eigenvalue weighted by atomic mass is 10.2. The van der Waals surface area contributed by atoms with Crippen molar-refractivity contribution in [2.45, 2.75) is 30.3 Å². The number of hydrogen-bond donors (Lipinski definition) is 0. The number of benzene rings is 3. The van der Waals surface area contributed by atoms with Crippen molar-refractivity contribution >= 4 is 22.1 Å². The predicted octanol–water partition coefficient (Wildman–Crippen LogP) is 4.80. The lowest BCUT2D eigenvalue weighted by molar-refractivity contribution is -0.127. The third-order valence-electron chi connectivity index (χ3n) is 5.07. The fourth-order valence-electron chi connectivity index (χ4n) is 3.22. The standard InChI is InChI=1S/C25H22FNO4S/c26-21-9-15-24(16-10-21)32(29,30)31-23-13-6-20(7-14-23)18-27(22-11-12-22)25(28)17-8-19-4-2-1-3-5-19/h1-10,13-17,22H,11-12,18H2. The first-order valence-electron chi connectivity index (χ1n) is 10.2. The molecule has 4 rings (SSSR count). The van der Waals surface area contributed by atoms with Crippen molar-refractivity contribution in [1.82, 2.24) is 4.90 Å². The van der Waals surface area contributed by atoms with E-state index in [1.807, 2.05) is 35.2 Å². The van der Waals surface area contributed by atoms with Gasteiger partial charge in [-0.25, -0.2) is 4.39 Å². The lowest BCUT2D eigenvalue weighted by Crippen LogP contribution is -2.31. The smallest absolute Gasteiger partial charge is 0.339 e. The van der Waals surface area contributed by atoms with Crippen molar-refractivity contribution in [3.8, 4) is 5.75 Å². The van der Waals surface area contributed by atoms with Crippen molar-refractivity contribution in [2.75, 3.05) is 0 Å². The first-order chi connectivity index (χ1) is 15.4. The fourth-order valence-corrected chi connectivity index (χ4v) is 4.15. The summed E-state index contributed by atoms with van der Waals surface area (Å²) >= 11 is 0. The molecule has 1 saturated carbocycles. The minimum atomic E-state index is -4.06. The average molecular weight is 452 g/mol. The summed E-state index contributed by atoms with van der Waals surface area (Å²) < 4.78 is 42.9. The quantitative estimate of drug-likeness (QED) is 0.365. The van der Waals surface area contributed by atoms with E-state index in [1.165, 1.54) is 0 Å². The molecule has 0 bridgehead atoms. The van der Waals surface area contributed by atoms with Crippen LogP contribution < -0.4 is 4.18 Å². The number of hydrogen-bond acceptors (Lipinski definition) is 4. The fraction of sp³-hybridized carbons (Fsp3) is 0.160. The van der Waals surface area contributed by atoms with Gasteiger partial charge in [-0.15, -0.1) is 0 Å². The molecule has 0 unspecified atom stereocenters. The van der Waals surface area contributed by atoms with Gasteiger partial charge in [0.1, 0.15) is 16.5 Å². The molecule has 0 aromatic heterocycles. The molecule has 1 aliphatic rings. The van der Waals surface area contributed by atoms with Crippen LogP contribution in [0.5, 0.6) is 5.75 Å². The number of carbonyl (C=O) groups is 1. The maximum atomic E-state index is 13.0. The Labute approximate surface area is 186 Å². The topological polar surface area (TPSA) is 63.7 Å². The molecule has 7 heteroatoms. The largest absolute Gasteiger partial charge is 0.379 e. The van der Waals surface area contributed by atoms with E-state index in [4.69, 9.17) is 4.18 Å². The Hall–Kier alpha value is -3.45. The van der Waals surface area contributed by atoms with Gasteiger partial charge in [-0.2, -0.15) is 8.42 Å². The third kappa shape index (κ3) is 5.62. The van der Waals surface area contributed by atoms with Gasteiger partial charge in [-0.05, 0) is 66.4 Å². The second-order valence-corrected chi connectivity index (χ2v) is 9.12. The van der Waals surface area contributed by atoms with Crippen LogP contribution in [-0.4, -0.2) is 25.3 Å². The minimum Gasteiger partial charge on any atom is -0.379 e. The summed E-state index contributed by atoms with van der Waals surface area (Å²) in [6, 6.07) is 20.9. The van der Waals surface area contributed by atoms with E-state index in [1.54, 1.807) is 36.4 Å². The molecular formula is C25H22FNO4S. The van der Waals surface area contributed by atoms with Crippen LogP contribution in [-0.2, 0) is 21.5 Å². The van der Waals surface area contributed by atoms with Crippen LogP contribution in [0.3, 0.4) is 0 Å². The zero-order valence-corrected chi connectivity index (χ0v) is 18.0. The lowest BCUT2D eigenvalue weighted by Gasteiger charge is -2.21. The van der Waals surface area contributed by atoms with Gasteiger partial charge in [0, 0.05) is 18.7 Å². The summed E-state index contributed by atoms with van der Waals surface area (Å²) in [7, 11) is -4.06. The van der Waals surface area contributed by atoms with Crippen LogP contribution in [0.15, 0.2) is 89.8 Å². The summed E-state index contributed by atoms with van der Waals surface area (Å²) in [5, 5.41) is 0. The molecular weight excluding hydrogens is 429 g/mol. The summed E-state index contributed by atoms with van der Waals surface area (Å²) in [4.78, 5) is 14.4. The molecule has 0 N–H and O–H groups in total. The SMILES string of the molecule is O=C(C=Cc1ccccc1)N(Cc1ccc(OS(=O)(=O)c2ccc(F)cc2)cc1)C1CC1. The molecule has 3 aromatic carbocycles. The van der Waals surface area contributed by atoms with E-state index in [0.29, 0.717) is 6.54 Å². The van der Waals surface area contributed by atoms with Crippen molar-refractivity contribution in [3.63, 3.8) is 0 Å². The third-order valence-corrected chi connectivity index (χ3v) is 6.33. The molecule has 0 saturated heterocycles. The number of rotatable bonds is 8. The molecule has 164 valence electrons. The minimum absolute atomic E-state index is 0.0597. The normalized spacial score (nSPS) is 13.8. The van der Waals surface area contributed by atoms with Crippen LogP contribution in [0, 0.1) is 5.82 Å². The molecule has 5 nitrogen and oxygen atoms in total. The molecule has 0 spiro atoms. The molecule has 1 amide bonds. The van der Waals surface area contributed by atoms with Crippen LogP contribution in [0.2, 0.25) is 0 Å². The first kappa shape index (κ1) is 21.8. The maximum absolute atomic E-state index is 13.0. The first-order valence-corrected chi connectivity index (χ1v) is 11.6. The average Bonchev–Trinajstić information content (AvgIpc) is 3.63. The number of nitrogens with zero attached hydrogens (tertiary/aromatic N) is 1. The van der Waals surface area contributed by atoms with E-state index in [0.717, 1.165) is 48.2 Å². The predicted molar refractivity (Wildman–Crippen MR) is 120 cm³/mol. The summed E-state index contributed by atoms with van der Waals surface area (Å²) in [5.41, 5.74) is 1.82. The Morgan fingerprint density at radius 1 is 0.969 bits per heavy atom. The number of halogens is 1. The molecule has 32 heavy (non-hydrogen) atoms. The van der Waals surface area contributed by atoms with Gasteiger partial charge in [-0.1, -0.05) is 42.5 Å². The van der Waals surface area contributed by atoms with Gasteiger partial charge in [0.15, 0.2) is 0 Å². The highest BCUT2D eigenvalue weighted by atomic mass is 32.2. The second kappa shape index (κ2) is 9.36. The summed E-state index contributed by atoms with van der Waals surface area (Å²) in [5.74, 6) is -0.441. The molecule has 0 atom stereocenters. The zero-order valence-electron chi connectivity index (χ0n) is 17.2. The van der Waals surface area contributed by atoms with Gasteiger partial charge < -0.3 is 9.08 Å². The van der Waals surface area contributed by atoms with Crippen LogP contribution >= 0.6 is 0 Å². The van der Waals surface area contributed by atoms with Gasteiger partial charge in [0.2, 0.25) is 5.91 Å². The van der Waals surface area contributed by atoms with E-state index >= 15 is 0 Å². The van der Waals surface area contributed by atoms with E-state index < -0.39 is 15.9 Å². The molecule has 0 heterocycles.